The maximum atomic E-state index is 11.7. The summed E-state index contributed by atoms with van der Waals surface area (Å²) < 4.78 is 6.70. The summed E-state index contributed by atoms with van der Waals surface area (Å²) in [6.45, 7) is 2.08. The number of esters is 1. The molecule has 0 aliphatic heterocycles. The van der Waals surface area contributed by atoms with Crippen LogP contribution < -0.4 is 0 Å². The minimum atomic E-state index is -0.391. The molecule has 5 nitrogen and oxygen atoms in total. The first kappa shape index (κ1) is 11.6. The summed E-state index contributed by atoms with van der Waals surface area (Å²) in [5, 5.41) is 4.61. The molecule has 2 aromatic heterocycles. The third-order valence-electron chi connectivity index (χ3n) is 1.98. The van der Waals surface area contributed by atoms with Crippen LogP contribution in [0.5, 0.6) is 0 Å². The largest absolute Gasteiger partial charge is 0.462 e. The Hall–Kier alpha value is -0.890. The molecule has 0 fully saturated rings. The van der Waals surface area contributed by atoms with Crippen LogP contribution >= 0.6 is 34.4 Å². The number of nitrogens with zero attached hydrogens (tertiary/aromatic N) is 3. The van der Waals surface area contributed by atoms with Gasteiger partial charge < -0.3 is 4.74 Å². The molecule has 0 unspecified atom stereocenters. The first-order valence-corrected chi connectivity index (χ1v) is 5.93. The molecule has 0 atom stereocenters. The Morgan fingerprint density at radius 1 is 1.69 bits per heavy atom. The number of hydrogen-bond acceptors (Lipinski definition) is 4. The van der Waals surface area contributed by atoms with Crippen molar-refractivity contribution in [1.82, 2.24) is 14.3 Å². The third-order valence-corrected chi connectivity index (χ3v) is 2.97. The molecule has 0 aliphatic carbocycles. The van der Waals surface area contributed by atoms with Crippen LogP contribution in [0.3, 0.4) is 0 Å². The molecule has 0 N–H and O–H groups in total. The number of ether oxygens (including phenoxy) is 1. The molecule has 0 radical (unpaired) electrons. The monoisotopic (exact) mass is 351 g/mol. The highest BCUT2D eigenvalue weighted by Gasteiger charge is 2.18. The summed E-state index contributed by atoms with van der Waals surface area (Å²) in [6.07, 6.45) is 1.51. The predicted octanol–water partition coefficient (Wildman–Crippen LogP) is 2.21. The fourth-order valence-corrected chi connectivity index (χ4v) is 2.43. The van der Waals surface area contributed by atoms with E-state index in [4.69, 9.17) is 16.5 Å². The average molecular weight is 352 g/mol. The second kappa shape index (κ2) is 4.54. The number of aromatic nitrogens is 3. The highest BCUT2D eigenvalue weighted by atomic mass is 127. The van der Waals surface area contributed by atoms with E-state index in [1.165, 1.54) is 6.20 Å². The molecule has 2 aromatic rings. The van der Waals surface area contributed by atoms with Gasteiger partial charge in [0.1, 0.15) is 3.70 Å². The number of carbonyl (C=O) groups is 1. The molecule has 0 aromatic carbocycles. The molecule has 0 bridgehead atoms. The van der Waals surface area contributed by atoms with Gasteiger partial charge in [-0.25, -0.2) is 9.78 Å². The summed E-state index contributed by atoms with van der Waals surface area (Å²) in [5.74, 6) is -0.391. The second-order valence-electron chi connectivity index (χ2n) is 2.93. The standard InChI is InChI=1S/C9H7ClIN3O2/c1-2-16-9(15)5-3-4-12-8-6(5)7(11)13-14(8)10/h3-4H,2H2,1H3. The van der Waals surface area contributed by atoms with Crippen LogP contribution in [0.25, 0.3) is 11.0 Å². The van der Waals surface area contributed by atoms with E-state index >= 15 is 0 Å². The number of pyridine rings is 1. The lowest BCUT2D eigenvalue weighted by atomic mass is 10.2. The molecule has 0 saturated carbocycles. The summed E-state index contributed by atoms with van der Waals surface area (Å²) in [6, 6.07) is 1.60. The van der Waals surface area contributed by atoms with E-state index in [2.05, 4.69) is 10.1 Å². The van der Waals surface area contributed by atoms with E-state index in [1.807, 2.05) is 22.6 Å². The van der Waals surface area contributed by atoms with E-state index in [0.717, 1.165) is 4.20 Å². The summed E-state index contributed by atoms with van der Waals surface area (Å²) in [7, 11) is 0. The third kappa shape index (κ3) is 1.86. The Balaban J connectivity index is 2.66. The van der Waals surface area contributed by atoms with Crippen molar-refractivity contribution in [2.75, 3.05) is 6.61 Å². The summed E-state index contributed by atoms with van der Waals surface area (Å²) in [5.41, 5.74) is 0.889. The van der Waals surface area contributed by atoms with Gasteiger partial charge in [0.25, 0.3) is 0 Å². The number of carbonyl (C=O) groups excluding carboxylic acids is 1. The quantitative estimate of drug-likeness (QED) is 0.615. The maximum absolute atomic E-state index is 11.7. The van der Waals surface area contributed by atoms with E-state index < -0.39 is 5.97 Å². The minimum absolute atomic E-state index is 0.328. The van der Waals surface area contributed by atoms with E-state index in [9.17, 15) is 4.79 Å². The van der Waals surface area contributed by atoms with Crippen LogP contribution in [0.15, 0.2) is 12.3 Å². The fraction of sp³-hybridized carbons (Fsp3) is 0.222. The van der Waals surface area contributed by atoms with Gasteiger partial charge in [0.15, 0.2) is 5.65 Å². The van der Waals surface area contributed by atoms with Crippen molar-refractivity contribution in [3.63, 3.8) is 0 Å². The van der Waals surface area contributed by atoms with Crippen molar-refractivity contribution in [3.8, 4) is 0 Å². The SMILES string of the molecule is CCOC(=O)c1ccnc2c1c(I)nn2Cl. The molecule has 0 aliphatic rings. The van der Waals surface area contributed by atoms with E-state index in [0.29, 0.717) is 26.9 Å². The summed E-state index contributed by atoms with van der Waals surface area (Å²) in [4.78, 5) is 15.7. The van der Waals surface area contributed by atoms with Crippen LogP contribution in [0.4, 0.5) is 0 Å². The van der Waals surface area contributed by atoms with Crippen LogP contribution in [0.2, 0.25) is 0 Å². The number of rotatable bonds is 2. The number of halogens is 2. The van der Waals surface area contributed by atoms with Crippen LogP contribution in [0.1, 0.15) is 17.3 Å². The molecule has 0 spiro atoms. The molecular formula is C9H7ClIN3O2. The average Bonchev–Trinajstić information content (AvgIpc) is 2.55. The van der Waals surface area contributed by atoms with Crippen LogP contribution in [-0.2, 0) is 4.74 Å². The van der Waals surface area contributed by atoms with E-state index in [1.54, 1.807) is 13.0 Å². The second-order valence-corrected chi connectivity index (χ2v) is 4.27. The van der Waals surface area contributed by atoms with Crippen molar-refractivity contribution in [3.05, 3.63) is 21.5 Å². The Bertz CT molecular complexity index is 555. The van der Waals surface area contributed by atoms with Gasteiger partial charge in [-0.3, -0.25) is 0 Å². The predicted molar refractivity (Wildman–Crippen MR) is 67.5 cm³/mol. The zero-order valence-electron chi connectivity index (χ0n) is 8.28. The zero-order chi connectivity index (χ0) is 11.7. The van der Waals surface area contributed by atoms with Gasteiger partial charge in [-0.05, 0) is 35.6 Å². The molecule has 84 valence electrons. The molecule has 7 heteroatoms. The topological polar surface area (TPSA) is 57.0 Å². The molecule has 2 rings (SSSR count). The number of hydrogen-bond donors (Lipinski definition) is 0. The molecule has 16 heavy (non-hydrogen) atoms. The first-order valence-electron chi connectivity index (χ1n) is 4.51. The van der Waals surface area contributed by atoms with Crippen LogP contribution in [0, 0.1) is 3.70 Å². The first-order chi connectivity index (χ1) is 7.65. The van der Waals surface area contributed by atoms with Crippen molar-refractivity contribution in [2.45, 2.75) is 6.92 Å². The Labute approximate surface area is 110 Å². The molecule has 2 heterocycles. The lowest BCUT2D eigenvalue weighted by Crippen LogP contribution is -2.05. The van der Waals surface area contributed by atoms with Gasteiger partial charge in [0.05, 0.1) is 17.6 Å². The fourth-order valence-electron chi connectivity index (χ4n) is 1.35. The molecule has 0 saturated heterocycles. The normalized spacial score (nSPS) is 10.7. The zero-order valence-corrected chi connectivity index (χ0v) is 11.2. The van der Waals surface area contributed by atoms with Gasteiger partial charge in [-0.1, -0.05) is 0 Å². The van der Waals surface area contributed by atoms with Gasteiger partial charge in [0, 0.05) is 18.0 Å². The highest BCUT2D eigenvalue weighted by molar-refractivity contribution is 14.1. The Morgan fingerprint density at radius 2 is 2.44 bits per heavy atom. The van der Waals surface area contributed by atoms with Crippen molar-refractivity contribution in [2.24, 2.45) is 0 Å². The lowest BCUT2D eigenvalue weighted by molar-refractivity contribution is 0.0528. The van der Waals surface area contributed by atoms with Crippen molar-refractivity contribution < 1.29 is 9.53 Å². The Kier molecular flexibility index (Phi) is 3.29. The van der Waals surface area contributed by atoms with Crippen molar-refractivity contribution in [1.29, 1.82) is 0 Å². The van der Waals surface area contributed by atoms with Crippen molar-refractivity contribution >= 4 is 51.4 Å². The van der Waals surface area contributed by atoms with Gasteiger partial charge in [-0.2, -0.15) is 4.20 Å². The van der Waals surface area contributed by atoms with Gasteiger partial charge in [-0.15, -0.1) is 5.10 Å². The Morgan fingerprint density at radius 3 is 3.12 bits per heavy atom. The smallest absolute Gasteiger partial charge is 0.339 e. The molecular weight excluding hydrogens is 344 g/mol. The minimum Gasteiger partial charge on any atom is -0.462 e. The maximum Gasteiger partial charge on any atom is 0.339 e. The van der Waals surface area contributed by atoms with E-state index in [-0.39, 0.29) is 0 Å². The lowest BCUT2D eigenvalue weighted by Gasteiger charge is -2.02. The highest BCUT2D eigenvalue weighted by Crippen LogP contribution is 2.23. The number of fused-ring (bicyclic) bond motifs is 1. The van der Waals surface area contributed by atoms with Gasteiger partial charge in [0.2, 0.25) is 0 Å². The summed E-state index contributed by atoms with van der Waals surface area (Å²) >= 11 is 7.82. The van der Waals surface area contributed by atoms with Crippen LogP contribution in [-0.4, -0.2) is 26.9 Å². The molecule has 0 amide bonds. The van der Waals surface area contributed by atoms with Gasteiger partial charge >= 0.3 is 5.97 Å².